The molecule has 3 rings (SSSR count). The van der Waals surface area contributed by atoms with Gasteiger partial charge in [-0.25, -0.2) is 9.80 Å². The molecule has 0 aliphatic carbocycles. The number of hydrazone groups is 1. The van der Waals surface area contributed by atoms with Crippen molar-refractivity contribution >= 4 is 23.4 Å². The predicted octanol–water partition coefficient (Wildman–Crippen LogP) is 2.80. The number of hydrogen-bond donors (Lipinski definition) is 0. The molecule has 0 N–H and O–H groups in total. The molecule has 6 nitrogen and oxygen atoms in total. The zero-order valence-corrected chi connectivity index (χ0v) is 15.2. The molecule has 0 spiro atoms. The number of carbonyl (C=O) groups is 3. The summed E-state index contributed by atoms with van der Waals surface area (Å²) in [6, 6.07) is 16.9. The molecule has 1 aliphatic heterocycles. The van der Waals surface area contributed by atoms with Gasteiger partial charge in [0.25, 0.3) is 0 Å². The van der Waals surface area contributed by atoms with Gasteiger partial charge in [-0.15, -0.1) is 0 Å². The number of esters is 1. The van der Waals surface area contributed by atoms with Crippen molar-refractivity contribution in [1.29, 1.82) is 0 Å². The van der Waals surface area contributed by atoms with Crippen LogP contribution in [0.25, 0.3) is 0 Å². The Labute approximate surface area is 157 Å². The molecule has 0 saturated heterocycles. The molecule has 27 heavy (non-hydrogen) atoms. The van der Waals surface area contributed by atoms with E-state index in [1.54, 1.807) is 31.2 Å². The van der Waals surface area contributed by atoms with Gasteiger partial charge in [-0.3, -0.25) is 9.59 Å². The van der Waals surface area contributed by atoms with Crippen LogP contribution in [0.4, 0.5) is 0 Å². The molecule has 0 saturated carbocycles. The highest BCUT2D eigenvalue weighted by Gasteiger charge is 2.47. The quantitative estimate of drug-likeness (QED) is 0.604. The summed E-state index contributed by atoms with van der Waals surface area (Å²) >= 11 is 0. The highest BCUT2D eigenvalue weighted by Crippen LogP contribution is 2.34. The summed E-state index contributed by atoms with van der Waals surface area (Å²) in [6.45, 7) is 3.20. The lowest BCUT2D eigenvalue weighted by atomic mass is 9.84. The molecule has 0 unspecified atom stereocenters. The average Bonchev–Trinajstić information content (AvgIpc) is 3.10. The zero-order valence-electron chi connectivity index (χ0n) is 15.2. The van der Waals surface area contributed by atoms with E-state index in [4.69, 9.17) is 4.74 Å². The van der Waals surface area contributed by atoms with Crippen LogP contribution < -0.4 is 0 Å². The first-order valence-electron chi connectivity index (χ1n) is 8.74. The Bertz CT molecular complexity index is 878. The molecular weight excluding hydrogens is 344 g/mol. The highest BCUT2D eigenvalue weighted by atomic mass is 16.5. The molecule has 0 fully saturated rings. The molecule has 1 amide bonds. The first kappa shape index (κ1) is 18.5. The van der Waals surface area contributed by atoms with Crippen molar-refractivity contribution in [3.05, 3.63) is 71.8 Å². The van der Waals surface area contributed by atoms with Gasteiger partial charge in [0.2, 0.25) is 5.91 Å². The minimum Gasteiger partial charge on any atom is -0.461 e. The van der Waals surface area contributed by atoms with Crippen LogP contribution in [0.2, 0.25) is 0 Å². The molecule has 2 aromatic rings. The second kappa shape index (κ2) is 7.95. The summed E-state index contributed by atoms with van der Waals surface area (Å²) in [7, 11) is 0. The lowest BCUT2D eigenvalue weighted by Gasteiger charge is -2.25. The van der Waals surface area contributed by atoms with Crippen LogP contribution in [-0.4, -0.2) is 41.0 Å². The van der Waals surface area contributed by atoms with Crippen LogP contribution in [-0.2, 0) is 14.3 Å². The first-order chi connectivity index (χ1) is 13.0. The van der Waals surface area contributed by atoms with Gasteiger partial charge in [-0.2, -0.15) is 5.10 Å². The molecule has 6 heteroatoms. The number of amides is 1. The third-order valence-corrected chi connectivity index (χ3v) is 4.38. The van der Waals surface area contributed by atoms with Crippen LogP contribution in [0.1, 0.15) is 35.7 Å². The van der Waals surface area contributed by atoms with E-state index < -0.39 is 23.8 Å². The number of nitrogens with zero attached hydrogens (tertiary/aromatic N) is 2. The predicted molar refractivity (Wildman–Crippen MR) is 100 cm³/mol. The van der Waals surface area contributed by atoms with Crippen LogP contribution in [0, 0.1) is 0 Å². The van der Waals surface area contributed by atoms with Gasteiger partial charge in [-0.05, 0) is 12.5 Å². The number of hydrogen-bond acceptors (Lipinski definition) is 5. The lowest BCUT2D eigenvalue weighted by molar-refractivity contribution is -0.135. The second-order valence-corrected chi connectivity index (χ2v) is 6.13. The molecule has 138 valence electrons. The van der Waals surface area contributed by atoms with Gasteiger partial charge >= 0.3 is 5.97 Å². The molecular formula is C21H20N2O4. The minimum atomic E-state index is -0.938. The van der Waals surface area contributed by atoms with E-state index in [2.05, 4.69) is 5.10 Å². The van der Waals surface area contributed by atoms with Crippen molar-refractivity contribution < 1.29 is 19.1 Å². The Morgan fingerprint density at radius 2 is 1.59 bits per heavy atom. The second-order valence-electron chi connectivity index (χ2n) is 6.13. The van der Waals surface area contributed by atoms with Gasteiger partial charge in [0.1, 0.15) is 6.04 Å². The van der Waals surface area contributed by atoms with Crippen molar-refractivity contribution in [3.8, 4) is 0 Å². The van der Waals surface area contributed by atoms with Gasteiger partial charge in [0, 0.05) is 12.5 Å². The molecule has 1 aliphatic rings. The summed E-state index contributed by atoms with van der Waals surface area (Å²) in [5.74, 6) is -2.00. The smallest absolute Gasteiger partial charge is 0.355 e. The van der Waals surface area contributed by atoms with Gasteiger partial charge in [-0.1, -0.05) is 60.7 Å². The summed E-state index contributed by atoms with van der Waals surface area (Å²) in [6.07, 6.45) is 0. The number of ether oxygens (including phenoxy) is 1. The van der Waals surface area contributed by atoms with Crippen LogP contribution in [0.15, 0.2) is 65.8 Å². The van der Waals surface area contributed by atoms with E-state index in [0.29, 0.717) is 5.56 Å². The van der Waals surface area contributed by atoms with E-state index in [1.807, 2.05) is 36.4 Å². The van der Waals surface area contributed by atoms with Crippen LogP contribution >= 0.6 is 0 Å². The van der Waals surface area contributed by atoms with Crippen molar-refractivity contribution in [2.24, 2.45) is 5.10 Å². The topological polar surface area (TPSA) is 76.0 Å². The minimum absolute atomic E-state index is 0.0625. The number of benzene rings is 2. The fraction of sp³-hybridized carbons (Fsp3) is 0.238. The Hall–Kier alpha value is -3.28. The van der Waals surface area contributed by atoms with Crippen molar-refractivity contribution in [2.45, 2.75) is 25.8 Å². The lowest BCUT2D eigenvalue weighted by Crippen LogP contribution is -2.42. The third kappa shape index (κ3) is 3.65. The molecule has 0 bridgehead atoms. The summed E-state index contributed by atoms with van der Waals surface area (Å²) < 4.78 is 5.12. The fourth-order valence-corrected chi connectivity index (χ4v) is 3.21. The van der Waals surface area contributed by atoms with E-state index in [0.717, 1.165) is 10.6 Å². The van der Waals surface area contributed by atoms with Crippen molar-refractivity contribution in [2.75, 3.05) is 6.61 Å². The van der Waals surface area contributed by atoms with E-state index >= 15 is 0 Å². The van der Waals surface area contributed by atoms with Crippen LogP contribution in [0.3, 0.4) is 0 Å². The van der Waals surface area contributed by atoms with Gasteiger partial charge in [0.05, 0.1) is 12.5 Å². The molecule has 0 aromatic heterocycles. The first-order valence-corrected chi connectivity index (χ1v) is 8.74. The summed E-state index contributed by atoms with van der Waals surface area (Å²) in [5.41, 5.74) is 1.24. The Kier molecular flexibility index (Phi) is 5.45. The largest absolute Gasteiger partial charge is 0.461 e. The Morgan fingerprint density at radius 3 is 2.15 bits per heavy atom. The maximum atomic E-state index is 13.3. The summed E-state index contributed by atoms with van der Waals surface area (Å²) in [4.78, 5) is 38.0. The number of carbonyl (C=O) groups excluding carboxylic acids is 3. The van der Waals surface area contributed by atoms with Crippen LogP contribution in [0.5, 0.6) is 0 Å². The molecule has 1 heterocycles. The number of ketones is 1. The fourth-order valence-electron chi connectivity index (χ4n) is 3.21. The molecule has 2 atom stereocenters. The Morgan fingerprint density at radius 1 is 1.00 bits per heavy atom. The average molecular weight is 364 g/mol. The maximum Gasteiger partial charge on any atom is 0.355 e. The molecule has 0 radical (unpaired) electrons. The van der Waals surface area contributed by atoms with E-state index in [-0.39, 0.29) is 18.1 Å². The van der Waals surface area contributed by atoms with E-state index in [9.17, 15) is 14.4 Å². The van der Waals surface area contributed by atoms with E-state index in [1.165, 1.54) is 6.92 Å². The van der Waals surface area contributed by atoms with Gasteiger partial charge < -0.3 is 4.74 Å². The maximum absolute atomic E-state index is 13.3. The summed E-state index contributed by atoms with van der Waals surface area (Å²) in [5, 5.41) is 5.29. The van der Waals surface area contributed by atoms with Crippen molar-refractivity contribution in [1.82, 2.24) is 5.01 Å². The third-order valence-electron chi connectivity index (χ3n) is 4.38. The van der Waals surface area contributed by atoms with Crippen molar-refractivity contribution in [3.63, 3.8) is 0 Å². The normalized spacial score (nSPS) is 18.7. The Balaban J connectivity index is 2.11. The van der Waals surface area contributed by atoms with Gasteiger partial charge in [0.15, 0.2) is 11.5 Å². The number of rotatable bonds is 5. The highest BCUT2D eigenvalue weighted by molar-refractivity contribution is 6.40. The zero-order chi connectivity index (χ0) is 19.4. The number of Topliss-reactive ketones (excluding diaryl/α,β-unsaturated/α-hetero) is 1. The SMILES string of the molecule is CCOC(=O)C1=NN(C(C)=O)[C@H](C(=O)c2ccccc2)[C@H]1c1ccccc1. The monoisotopic (exact) mass is 364 g/mol. The standard InChI is InChI=1S/C21H20N2O4/c1-3-27-21(26)18-17(15-10-6-4-7-11-15)19(23(22-18)14(2)24)20(25)16-12-8-5-9-13-16/h4-13,17,19H,3H2,1-2H3/t17-,19-/m0/s1. The molecule has 2 aromatic carbocycles.